The lowest BCUT2D eigenvalue weighted by molar-refractivity contribution is 0.402. The minimum atomic E-state index is -0.150. The van der Waals surface area contributed by atoms with Crippen LogP contribution in [0.25, 0.3) is 0 Å². The van der Waals surface area contributed by atoms with Gasteiger partial charge in [-0.05, 0) is 44.0 Å². The highest BCUT2D eigenvalue weighted by Gasteiger charge is 2.25. The van der Waals surface area contributed by atoms with Gasteiger partial charge in [-0.3, -0.25) is 0 Å². The molecule has 0 radical (unpaired) electrons. The van der Waals surface area contributed by atoms with Gasteiger partial charge in [0, 0.05) is 30.9 Å². The Kier molecular flexibility index (Phi) is 3.67. The molecule has 0 aromatic heterocycles. The van der Waals surface area contributed by atoms with Crippen LogP contribution >= 0.6 is 0 Å². The van der Waals surface area contributed by atoms with Gasteiger partial charge in [0.25, 0.3) is 0 Å². The predicted octanol–water partition coefficient (Wildman–Crippen LogP) is 2.71. The van der Waals surface area contributed by atoms with Crippen molar-refractivity contribution in [3.63, 3.8) is 0 Å². The molecule has 0 saturated carbocycles. The molecule has 1 aliphatic heterocycles. The van der Waals surface area contributed by atoms with Crippen LogP contribution in [0, 0.1) is 12.7 Å². The smallest absolute Gasteiger partial charge is 0.123 e. The van der Waals surface area contributed by atoms with Gasteiger partial charge in [-0.25, -0.2) is 4.39 Å². The third-order valence-electron chi connectivity index (χ3n) is 3.55. The molecule has 1 N–H and O–H groups in total. The molecule has 0 amide bonds. The molecule has 0 spiro atoms. The van der Waals surface area contributed by atoms with Crippen LogP contribution in [0.15, 0.2) is 18.2 Å². The van der Waals surface area contributed by atoms with Gasteiger partial charge in [0.15, 0.2) is 0 Å². The summed E-state index contributed by atoms with van der Waals surface area (Å²) in [7, 11) is 0. The minimum absolute atomic E-state index is 0.150. The Hall–Kier alpha value is -1.09. The summed E-state index contributed by atoms with van der Waals surface area (Å²) < 4.78 is 13.1. The molecule has 1 aliphatic rings. The molecule has 1 fully saturated rings. The Labute approximate surface area is 103 Å². The van der Waals surface area contributed by atoms with Gasteiger partial charge < -0.3 is 10.2 Å². The summed E-state index contributed by atoms with van der Waals surface area (Å²) in [4.78, 5) is 2.41. The van der Waals surface area contributed by atoms with Gasteiger partial charge in [0.2, 0.25) is 0 Å². The van der Waals surface area contributed by atoms with Crippen molar-refractivity contribution in [3.05, 3.63) is 29.6 Å². The number of nitrogens with one attached hydrogen (secondary N) is 1. The summed E-state index contributed by atoms with van der Waals surface area (Å²) >= 11 is 0. The van der Waals surface area contributed by atoms with E-state index in [1.165, 1.54) is 5.69 Å². The van der Waals surface area contributed by atoms with Crippen LogP contribution in [0.1, 0.15) is 25.8 Å². The monoisotopic (exact) mass is 236 g/mol. The van der Waals surface area contributed by atoms with Gasteiger partial charge in [0.05, 0.1) is 0 Å². The summed E-state index contributed by atoms with van der Waals surface area (Å²) in [5, 5.41) is 3.50. The van der Waals surface area contributed by atoms with Crippen molar-refractivity contribution in [2.45, 2.75) is 39.3 Å². The zero-order valence-electron chi connectivity index (χ0n) is 10.8. The quantitative estimate of drug-likeness (QED) is 0.849. The molecule has 1 heterocycles. The van der Waals surface area contributed by atoms with E-state index in [0.29, 0.717) is 12.1 Å². The summed E-state index contributed by atoms with van der Waals surface area (Å²) in [6, 6.07) is 6.08. The Balaban J connectivity index is 2.28. The third kappa shape index (κ3) is 2.60. The number of benzene rings is 1. The number of hydrogen-bond donors (Lipinski definition) is 1. The Morgan fingerprint density at radius 1 is 1.47 bits per heavy atom. The van der Waals surface area contributed by atoms with E-state index in [1.54, 1.807) is 12.1 Å². The number of hydrogen-bond acceptors (Lipinski definition) is 2. The van der Waals surface area contributed by atoms with Crippen LogP contribution in [0.2, 0.25) is 0 Å². The van der Waals surface area contributed by atoms with E-state index >= 15 is 0 Å². The first-order valence-corrected chi connectivity index (χ1v) is 6.38. The summed E-state index contributed by atoms with van der Waals surface area (Å²) in [5.41, 5.74) is 2.20. The van der Waals surface area contributed by atoms with Crippen molar-refractivity contribution in [3.8, 4) is 0 Å². The van der Waals surface area contributed by atoms with E-state index in [1.807, 2.05) is 13.0 Å². The van der Waals surface area contributed by atoms with Crippen molar-refractivity contribution in [2.75, 3.05) is 18.0 Å². The summed E-state index contributed by atoms with van der Waals surface area (Å²) in [6.45, 7) is 8.38. The van der Waals surface area contributed by atoms with Gasteiger partial charge in [-0.1, -0.05) is 6.92 Å². The zero-order chi connectivity index (χ0) is 12.4. The molecule has 0 bridgehead atoms. The topological polar surface area (TPSA) is 15.3 Å². The van der Waals surface area contributed by atoms with E-state index in [9.17, 15) is 4.39 Å². The second-order valence-corrected chi connectivity index (χ2v) is 4.95. The number of halogens is 1. The first-order valence-electron chi connectivity index (χ1n) is 6.38. The SMILES string of the molecule is CCC1CNC(C)CN1c1ccc(F)cc1C. The van der Waals surface area contributed by atoms with E-state index in [0.717, 1.165) is 25.1 Å². The first kappa shape index (κ1) is 12.4. The van der Waals surface area contributed by atoms with Gasteiger partial charge >= 0.3 is 0 Å². The largest absolute Gasteiger partial charge is 0.366 e. The van der Waals surface area contributed by atoms with Gasteiger partial charge in [-0.2, -0.15) is 0 Å². The standard InChI is InChI=1S/C14H21FN2/c1-4-13-8-16-11(3)9-17(13)14-6-5-12(15)7-10(14)2/h5-7,11,13,16H,4,8-9H2,1-3H3. The van der Waals surface area contributed by atoms with Crippen molar-refractivity contribution in [1.82, 2.24) is 5.32 Å². The lowest BCUT2D eigenvalue weighted by Crippen LogP contribution is -2.55. The normalized spacial score (nSPS) is 25.1. The molecule has 1 aromatic rings. The Morgan fingerprint density at radius 3 is 2.88 bits per heavy atom. The highest BCUT2D eigenvalue weighted by atomic mass is 19.1. The predicted molar refractivity (Wildman–Crippen MR) is 70.0 cm³/mol. The van der Waals surface area contributed by atoms with E-state index in [2.05, 4.69) is 24.1 Å². The van der Waals surface area contributed by atoms with Crippen LogP contribution in [0.3, 0.4) is 0 Å². The molecular formula is C14H21FN2. The first-order chi connectivity index (χ1) is 8.11. The fourth-order valence-corrected chi connectivity index (χ4v) is 2.56. The number of aryl methyl sites for hydroxylation is 1. The van der Waals surface area contributed by atoms with Crippen LogP contribution < -0.4 is 10.2 Å². The van der Waals surface area contributed by atoms with Crippen LogP contribution in [-0.2, 0) is 0 Å². The molecule has 94 valence electrons. The molecule has 2 unspecified atom stereocenters. The highest BCUT2D eigenvalue weighted by Crippen LogP contribution is 2.25. The summed E-state index contributed by atoms with van der Waals surface area (Å²) in [6.07, 6.45) is 1.11. The average Bonchev–Trinajstić information content (AvgIpc) is 2.29. The molecule has 0 aliphatic carbocycles. The lowest BCUT2D eigenvalue weighted by atomic mass is 10.0. The van der Waals surface area contributed by atoms with Crippen molar-refractivity contribution in [2.24, 2.45) is 0 Å². The van der Waals surface area contributed by atoms with Gasteiger partial charge in [0.1, 0.15) is 5.82 Å². The van der Waals surface area contributed by atoms with E-state index in [-0.39, 0.29) is 5.82 Å². The number of anilines is 1. The molecule has 2 atom stereocenters. The van der Waals surface area contributed by atoms with Crippen LogP contribution in [0.5, 0.6) is 0 Å². The average molecular weight is 236 g/mol. The van der Waals surface area contributed by atoms with E-state index in [4.69, 9.17) is 0 Å². The molecular weight excluding hydrogens is 215 g/mol. The van der Waals surface area contributed by atoms with Crippen molar-refractivity contribution < 1.29 is 4.39 Å². The maximum atomic E-state index is 13.1. The Morgan fingerprint density at radius 2 is 2.24 bits per heavy atom. The fourth-order valence-electron chi connectivity index (χ4n) is 2.56. The number of piperazine rings is 1. The molecule has 2 rings (SSSR count). The molecule has 17 heavy (non-hydrogen) atoms. The fraction of sp³-hybridized carbons (Fsp3) is 0.571. The van der Waals surface area contributed by atoms with Crippen LogP contribution in [0.4, 0.5) is 10.1 Å². The molecule has 2 nitrogen and oxygen atoms in total. The van der Waals surface area contributed by atoms with Crippen molar-refractivity contribution >= 4 is 5.69 Å². The van der Waals surface area contributed by atoms with E-state index < -0.39 is 0 Å². The maximum Gasteiger partial charge on any atom is 0.123 e. The zero-order valence-corrected chi connectivity index (χ0v) is 10.8. The lowest BCUT2D eigenvalue weighted by Gasteiger charge is -2.41. The highest BCUT2D eigenvalue weighted by molar-refractivity contribution is 5.54. The van der Waals surface area contributed by atoms with Gasteiger partial charge in [-0.15, -0.1) is 0 Å². The molecule has 1 aromatic carbocycles. The third-order valence-corrected chi connectivity index (χ3v) is 3.55. The Bertz CT molecular complexity index is 392. The summed E-state index contributed by atoms with van der Waals surface area (Å²) in [5.74, 6) is -0.150. The second kappa shape index (κ2) is 5.05. The maximum absolute atomic E-state index is 13.1. The van der Waals surface area contributed by atoms with Crippen LogP contribution in [-0.4, -0.2) is 25.2 Å². The minimum Gasteiger partial charge on any atom is -0.366 e. The van der Waals surface area contributed by atoms with Crippen molar-refractivity contribution in [1.29, 1.82) is 0 Å². The second-order valence-electron chi connectivity index (χ2n) is 4.95. The number of nitrogens with zero attached hydrogens (tertiary/aromatic N) is 1. The molecule has 1 saturated heterocycles. The molecule has 3 heteroatoms. The number of rotatable bonds is 2.